The normalized spacial score (nSPS) is 20.1. The third-order valence-electron chi connectivity index (χ3n) is 5.03. The van der Waals surface area contributed by atoms with Crippen LogP contribution in [0.2, 0.25) is 0 Å². The summed E-state index contributed by atoms with van der Waals surface area (Å²) < 4.78 is 0. The zero-order chi connectivity index (χ0) is 19.4. The lowest BCUT2D eigenvalue weighted by Crippen LogP contribution is -2.41. The van der Waals surface area contributed by atoms with Crippen LogP contribution < -0.4 is 10.2 Å². The predicted molar refractivity (Wildman–Crippen MR) is 106 cm³/mol. The number of pyridine rings is 1. The third kappa shape index (κ3) is 4.71. The number of aromatic nitrogens is 1. The molecule has 1 aromatic heterocycles. The van der Waals surface area contributed by atoms with Crippen molar-refractivity contribution in [3.63, 3.8) is 0 Å². The molecule has 1 fully saturated rings. The molecule has 2 heterocycles. The van der Waals surface area contributed by atoms with E-state index in [1.165, 1.54) is 0 Å². The predicted octanol–water partition coefficient (Wildman–Crippen LogP) is 3.45. The van der Waals surface area contributed by atoms with Gasteiger partial charge in [0, 0.05) is 32.8 Å². The summed E-state index contributed by atoms with van der Waals surface area (Å²) in [5.41, 5.74) is 1.83. The van der Waals surface area contributed by atoms with Crippen LogP contribution in [0.4, 0.5) is 5.82 Å². The molecule has 1 aromatic rings. The van der Waals surface area contributed by atoms with E-state index in [9.17, 15) is 9.59 Å². The molecule has 1 aliphatic heterocycles. The van der Waals surface area contributed by atoms with Crippen molar-refractivity contribution in [1.82, 2.24) is 10.3 Å². The first kappa shape index (κ1) is 20.1. The summed E-state index contributed by atoms with van der Waals surface area (Å²) >= 11 is 0. The number of aldehydes is 1. The number of hydrogen-bond donors (Lipinski definition) is 1. The number of anilines is 1. The lowest BCUT2D eigenvalue weighted by Gasteiger charge is -2.27. The second kappa shape index (κ2) is 8.02. The molecule has 1 saturated heterocycles. The van der Waals surface area contributed by atoms with E-state index in [-0.39, 0.29) is 11.3 Å². The highest BCUT2D eigenvalue weighted by Crippen LogP contribution is 2.37. The summed E-state index contributed by atoms with van der Waals surface area (Å²) in [6.45, 7) is 12.1. The number of carbonyl (C=O) groups excluding carboxylic acids is 2. The Morgan fingerprint density at radius 3 is 2.69 bits per heavy atom. The zero-order valence-corrected chi connectivity index (χ0v) is 16.5. The third-order valence-corrected chi connectivity index (χ3v) is 5.03. The van der Waals surface area contributed by atoms with E-state index in [0.717, 1.165) is 42.6 Å². The van der Waals surface area contributed by atoms with Gasteiger partial charge in [0.1, 0.15) is 12.1 Å². The molecule has 142 valence electrons. The molecule has 0 spiro atoms. The molecule has 0 aliphatic carbocycles. The van der Waals surface area contributed by atoms with Gasteiger partial charge in [-0.05, 0) is 47.9 Å². The van der Waals surface area contributed by atoms with Gasteiger partial charge >= 0.3 is 0 Å². The van der Waals surface area contributed by atoms with Crippen LogP contribution in [-0.2, 0) is 9.59 Å². The largest absolute Gasteiger partial charge is 0.359 e. The second-order valence-corrected chi connectivity index (χ2v) is 8.48. The van der Waals surface area contributed by atoms with Crippen molar-refractivity contribution in [1.29, 1.82) is 0 Å². The van der Waals surface area contributed by atoms with Crippen LogP contribution >= 0.6 is 0 Å². The van der Waals surface area contributed by atoms with Gasteiger partial charge in [-0.25, -0.2) is 4.98 Å². The summed E-state index contributed by atoms with van der Waals surface area (Å²) in [5, 5.41) is 2.76. The minimum atomic E-state index is -0.508. The van der Waals surface area contributed by atoms with E-state index in [1.54, 1.807) is 7.05 Å². The molecule has 1 N–H and O–H groups in total. The molecule has 5 heteroatoms. The number of nitrogens with zero attached hydrogens (tertiary/aromatic N) is 2. The maximum Gasteiger partial charge on any atom is 0.227 e. The molecule has 26 heavy (non-hydrogen) atoms. The van der Waals surface area contributed by atoms with Gasteiger partial charge in [0.25, 0.3) is 0 Å². The van der Waals surface area contributed by atoms with Crippen LogP contribution in [0, 0.1) is 10.8 Å². The van der Waals surface area contributed by atoms with Gasteiger partial charge in [-0.2, -0.15) is 0 Å². The average molecular weight is 357 g/mol. The van der Waals surface area contributed by atoms with Crippen molar-refractivity contribution >= 4 is 23.6 Å². The van der Waals surface area contributed by atoms with Crippen molar-refractivity contribution in [2.75, 3.05) is 25.0 Å². The molecular formula is C21H31N3O2. The fourth-order valence-corrected chi connectivity index (χ4v) is 3.70. The van der Waals surface area contributed by atoms with Crippen molar-refractivity contribution in [3.05, 3.63) is 30.5 Å². The monoisotopic (exact) mass is 357 g/mol. The highest BCUT2D eigenvalue weighted by Gasteiger charge is 2.44. The zero-order valence-electron chi connectivity index (χ0n) is 16.5. The number of hydrogen-bond acceptors (Lipinski definition) is 4. The van der Waals surface area contributed by atoms with E-state index in [1.807, 2.05) is 12.3 Å². The number of amides is 1. The summed E-state index contributed by atoms with van der Waals surface area (Å²) in [4.78, 5) is 30.0. The molecule has 0 saturated carbocycles. The Morgan fingerprint density at radius 2 is 2.15 bits per heavy atom. The molecule has 2 rings (SSSR count). The van der Waals surface area contributed by atoms with Crippen LogP contribution in [0.1, 0.15) is 52.0 Å². The molecule has 0 radical (unpaired) electrons. The average Bonchev–Trinajstić information content (AvgIpc) is 3.03. The number of carbonyl (C=O) groups is 2. The van der Waals surface area contributed by atoms with E-state index >= 15 is 0 Å². The van der Waals surface area contributed by atoms with Crippen molar-refractivity contribution < 1.29 is 9.59 Å². The second-order valence-electron chi connectivity index (χ2n) is 8.48. The Kier molecular flexibility index (Phi) is 6.21. The first-order valence-corrected chi connectivity index (χ1v) is 9.26. The summed E-state index contributed by atoms with van der Waals surface area (Å²) in [6, 6.07) is 4.06. The number of nitrogens with one attached hydrogen (secondary N) is 1. The first-order valence-electron chi connectivity index (χ1n) is 9.26. The fourth-order valence-electron chi connectivity index (χ4n) is 3.70. The lowest BCUT2D eigenvalue weighted by atomic mass is 9.81. The van der Waals surface area contributed by atoms with Gasteiger partial charge in [-0.3, -0.25) is 4.79 Å². The molecule has 1 aliphatic rings. The van der Waals surface area contributed by atoms with Crippen LogP contribution in [0.25, 0.3) is 5.57 Å². The molecule has 0 aromatic carbocycles. The maximum absolute atomic E-state index is 12.4. The fraction of sp³-hybridized carbons (Fsp3) is 0.571. The van der Waals surface area contributed by atoms with Crippen molar-refractivity contribution in [2.45, 2.75) is 46.5 Å². The Balaban J connectivity index is 2.11. The Morgan fingerprint density at radius 1 is 1.42 bits per heavy atom. The van der Waals surface area contributed by atoms with Crippen LogP contribution in [0.3, 0.4) is 0 Å². The highest BCUT2D eigenvalue weighted by atomic mass is 16.2. The van der Waals surface area contributed by atoms with Gasteiger partial charge in [-0.1, -0.05) is 27.4 Å². The number of allylic oxidation sites excluding steroid dienone is 1. The first-order chi connectivity index (χ1) is 12.2. The quantitative estimate of drug-likeness (QED) is 0.759. The minimum absolute atomic E-state index is 0.0111. The van der Waals surface area contributed by atoms with Gasteiger partial charge in [0.05, 0.1) is 5.41 Å². The van der Waals surface area contributed by atoms with Crippen LogP contribution in [0.5, 0.6) is 0 Å². The van der Waals surface area contributed by atoms with Crippen molar-refractivity contribution in [3.8, 4) is 0 Å². The Labute approximate surface area is 156 Å². The van der Waals surface area contributed by atoms with Gasteiger partial charge in [0.2, 0.25) is 5.91 Å². The Bertz CT molecular complexity index is 661. The smallest absolute Gasteiger partial charge is 0.227 e. The van der Waals surface area contributed by atoms with Gasteiger partial charge < -0.3 is 15.0 Å². The van der Waals surface area contributed by atoms with Gasteiger partial charge in [0.15, 0.2) is 0 Å². The standard InChI is InChI=1S/C21H31N3O2/c1-16(13-20(2,3)4)17-7-8-18(23-14-17)24-11-10-21(15-24,9-6-12-25)19(26)22-5/h7-8,12,14H,1,6,9-11,13,15H2,2-5H3,(H,22,26). The van der Waals surface area contributed by atoms with Gasteiger partial charge in [-0.15, -0.1) is 0 Å². The molecule has 1 amide bonds. The summed E-state index contributed by atoms with van der Waals surface area (Å²) in [5.74, 6) is 0.881. The van der Waals surface area contributed by atoms with E-state index in [4.69, 9.17) is 0 Å². The van der Waals surface area contributed by atoms with Crippen LogP contribution in [-0.4, -0.2) is 37.3 Å². The van der Waals surface area contributed by atoms with Crippen molar-refractivity contribution in [2.24, 2.45) is 10.8 Å². The number of rotatable bonds is 7. The van der Waals surface area contributed by atoms with Crippen LogP contribution in [0.15, 0.2) is 24.9 Å². The topological polar surface area (TPSA) is 62.3 Å². The lowest BCUT2D eigenvalue weighted by molar-refractivity contribution is -0.130. The molecule has 0 bridgehead atoms. The maximum atomic E-state index is 12.4. The summed E-state index contributed by atoms with van der Waals surface area (Å²) in [7, 11) is 1.65. The molecular weight excluding hydrogens is 326 g/mol. The van der Waals surface area contributed by atoms with E-state index in [0.29, 0.717) is 19.4 Å². The summed E-state index contributed by atoms with van der Waals surface area (Å²) in [6.07, 6.45) is 5.40. The van der Waals surface area contributed by atoms with E-state index < -0.39 is 5.41 Å². The molecule has 1 unspecified atom stereocenters. The minimum Gasteiger partial charge on any atom is -0.359 e. The van der Waals surface area contributed by atoms with E-state index in [2.05, 4.69) is 48.6 Å². The molecule has 1 atom stereocenters. The Hall–Kier alpha value is -2.17. The SMILES string of the molecule is C=C(CC(C)(C)C)c1ccc(N2CCC(CCC=O)(C(=O)NC)C2)nc1. The molecule has 5 nitrogen and oxygen atoms in total. The highest BCUT2D eigenvalue weighted by molar-refractivity contribution is 5.84.